The quantitative estimate of drug-likeness (QED) is 0.744. The van der Waals surface area contributed by atoms with Crippen LogP contribution < -0.4 is 5.32 Å². The predicted octanol–water partition coefficient (Wildman–Crippen LogP) is 0.0837. The van der Waals surface area contributed by atoms with Gasteiger partial charge in [-0.3, -0.25) is 0 Å². The molecule has 2 rings (SSSR count). The average molecular weight is 196 g/mol. The van der Waals surface area contributed by atoms with Gasteiger partial charge in [-0.15, -0.1) is 0 Å². The fourth-order valence-electron chi connectivity index (χ4n) is 1.58. The maximum Gasteiger partial charge on any atom is 0.0964 e. The van der Waals surface area contributed by atoms with E-state index in [0.717, 1.165) is 31.9 Å². The summed E-state index contributed by atoms with van der Waals surface area (Å²) in [5.41, 5.74) is 1.08. The minimum absolute atomic E-state index is 0.109. The van der Waals surface area contributed by atoms with E-state index in [0.29, 0.717) is 0 Å². The molecule has 0 radical (unpaired) electrons. The lowest BCUT2D eigenvalue weighted by atomic mass is 10.0. The van der Waals surface area contributed by atoms with Crippen molar-refractivity contribution in [3.05, 3.63) is 11.9 Å². The van der Waals surface area contributed by atoms with Crippen molar-refractivity contribution >= 4 is 0 Å². The Balaban J connectivity index is 1.87. The number of hydrogen-bond acceptors (Lipinski definition) is 4. The molecule has 1 aromatic rings. The Labute approximate surface area is 83.4 Å². The van der Waals surface area contributed by atoms with Crippen molar-refractivity contribution in [3.8, 4) is 0 Å². The smallest absolute Gasteiger partial charge is 0.0964 e. The van der Waals surface area contributed by atoms with E-state index in [1.54, 1.807) is 11.0 Å². The van der Waals surface area contributed by atoms with Gasteiger partial charge in [0.2, 0.25) is 0 Å². The third-order valence-electron chi connectivity index (χ3n) is 2.56. The monoisotopic (exact) mass is 196 g/mol. The molecular weight excluding hydrogens is 180 g/mol. The Hall–Kier alpha value is -0.940. The maximum atomic E-state index is 5.35. The van der Waals surface area contributed by atoms with Crippen LogP contribution in [-0.2, 0) is 18.3 Å². The molecule has 1 aliphatic rings. The first-order valence-electron chi connectivity index (χ1n) is 4.86. The summed E-state index contributed by atoms with van der Waals surface area (Å²) in [5, 5.41) is 11.7. The number of rotatable bonds is 3. The van der Waals surface area contributed by atoms with Gasteiger partial charge in [0.15, 0.2) is 0 Å². The Kier molecular flexibility index (Phi) is 2.52. The van der Waals surface area contributed by atoms with Crippen LogP contribution in [0.4, 0.5) is 0 Å². The molecule has 0 bridgehead atoms. The maximum absolute atomic E-state index is 5.35. The van der Waals surface area contributed by atoms with Crippen molar-refractivity contribution < 1.29 is 4.74 Å². The first-order chi connectivity index (χ1) is 6.68. The predicted molar refractivity (Wildman–Crippen MR) is 51.7 cm³/mol. The first kappa shape index (κ1) is 9.61. The fraction of sp³-hybridized carbons (Fsp3) is 0.778. The number of nitrogens with one attached hydrogen (secondary N) is 1. The molecule has 14 heavy (non-hydrogen) atoms. The molecule has 78 valence electrons. The van der Waals surface area contributed by atoms with Crippen molar-refractivity contribution in [2.45, 2.75) is 25.4 Å². The average Bonchev–Trinajstić information content (AvgIpc) is 2.73. The summed E-state index contributed by atoms with van der Waals surface area (Å²) in [6, 6.07) is 0. The molecule has 2 heterocycles. The van der Waals surface area contributed by atoms with Crippen LogP contribution in [0.5, 0.6) is 0 Å². The van der Waals surface area contributed by atoms with E-state index in [9.17, 15) is 0 Å². The molecule has 0 aromatic carbocycles. The van der Waals surface area contributed by atoms with Crippen molar-refractivity contribution in [2.75, 3.05) is 13.2 Å². The summed E-state index contributed by atoms with van der Waals surface area (Å²) in [6.07, 6.45) is 2.85. The molecule has 0 saturated carbocycles. The van der Waals surface area contributed by atoms with Crippen LogP contribution >= 0.6 is 0 Å². The van der Waals surface area contributed by atoms with E-state index < -0.39 is 0 Å². The molecule has 5 nitrogen and oxygen atoms in total. The van der Waals surface area contributed by atoms with Gasteiger partial charge in [0, 0.05) is 25.7 Å². The molecular formula is C9H16N4O. The highest BCUT2D eigenvalue weighted by Gasteiger charge is 2.28. The standard InChI is InChI=1S/C9H16N4O/c1-9(3-4-14-7-9)10-5-8-6-11-13(2)12-8/h6,10H,3-5,7H2,1-2H3. The SMILES string of the molecule is Cn1ncc(CNC2(C)CCOC2)n1. The Morgan fingerprint density at radius 3 is 3.14 bits per heavy atom. The fourth-order valence-corrected chi connectivity index (χ4v) is 1.58. The molecule has 1 atom stereocenters. The lowest BCUT2D eigenvalue weighted by Gasteiger charge is -2.22. The van der Waals surface area contributed by atoms with Crippen LogP contribution in [0.25, 0.3) is 0 Å². The van der Waals surface area contributed by atoms with Gasteiger partial charge in [0.05, 0.1) is 18.5 Å². The molecule has 1 unspecified atom stereocenters. The first-order valence-corrected chi connectivity index (χ1v) is 4.86. The molecule has 1 N–H and O–H groups in total. The van der Waals surface area contributed by atoms with Gasteiger partial charge in [-0.25, -0.2) is 0 Å². The number of hydrogen-bond donors (Lipinski definition) is 1. The van der Waals surface area contributed by atoms with E-state index in [1.807, 2.05) is 7.05 Å². The normalized spacial score (nSPS) is 27.0. The van der Waals surface area contributed by atoms with E-state index in [1.165, 1.54) is 0 Å². The molecule has 5 heteroatoms. The van der Waals surface area contributed by atoms with Gasteiger partial charge in [0.1, 0.15) is 0 Å². The summed E-state index contributed by atoms with van der Waals surface area (Å²) in [6.45, 7) is 4.57. The highest BCUT2D eigenvalue weighted by molar-refractivity contribution is 4.95. The zero-order valence-corrected chi connectivity index (χ0v) is 8.66. The largest absolute Gasteiger partial charge is 0.379 e. The zero-order chi connectivity index (χ0) is 10.0. The molecule has 0 aliphatic carbocycles. The highest BCUT2D eigenvalue weighted by atomic mass is 16.5. The van der Waals surface area contributed by atoms with E-state index in [-0.39, 0.29) is 5.54 Å². The summed E-state index contributed by atoms with van der Waals surface area (Å²) in [7, 11) is 1.82. The van der Waals surface area contributed by atoms with E-state index in [4.69, 9.17) is 4.74 Å². The van der Waals surface area contributed by atoms with Crippen LogP contribution in [0, 0.1) is 0 Å². The van der Waals surface area contributed by atoms with E-state index >= 15 is 0 Å². The zero-order valence-electron chi connectivity index (χ0n) is 8.66. The lowest BCUT2D eigenvalue weighted by Crippen LogP contribution is -2.42. The van der Waals surface area contributed by atoms with Gasteiger partial charge >= 0.3 is 0 Å². The Morgan fingerprint density at radius 1 is 1.71 bits per heavy atom. The van der Waals surface area contributed by atoms with E-state index in [2.05, 4.69) is 22.4 Å². The summed E-state index contributed by atoms with van der Waals surface area (Å²) < 4.78 is 5.35. The molecule has 0 spiro atoms. The second-order valence-corrected chi connectivity index (χ2v) is 4.04. The third-order valence-corrected chi connectivity index (χ3v) is 2.56. The Morgan fingerprint density at radius 2 is 2.57 bits per heavy atom. The lowest BCUT2D eigenvalue weighted by molar-refractivity contribution is 0.171. The molecule has 0 amide bonds. The number of ether oxygens (including phenoxy) is 1. The van der Waals surface area contributed by atoms with Crippen molar-refractivity contribution in [1.82, 2.24) is 20.3 Å². The third kappa shape index (κ3) is 2.10. The topological polar surface area (TPSA) is 52.0 Å². The second kappa shape index (κ2) is 3.67. The van der Waals surface area contributed by atoms with Crippen molar-refractivity contribution in [1.29, 1.82) is 0 Å². The van der Waals surface area contributed by atoms with Gasteiger partial charge in [-0.05, 0) is 13.3 Å². The molecule has 1 fully saturated rings. The minimum atomic E-state index is 0.109. The highest BCUT2D eigenvalue weighted by Crippen LogP contribution is 2.17. The van der Waals surface area contributed by atoms with Crippen LogP contribution in [0.2, 0.25) is 0 Å². The van der Waals surface area contributed by atoms with Crippen LogP contribution in [-0.4, -0.2) is 33.7 Å². The van der Waals surface area contributed by atoms with Crippen LogP contribution in [0.3, 0.4) is 0 Å². The summed E-state index contributed by atoms with van der Waals surface area (Å²) in [4.78, 5) is 1.57. The van der Waals surface area contributed by atoms with Crippen LogP contribution in [0.15, 0.2) is 6.20 Å². The van der Waals surface area contributed by atoms with Crippen molar-refractivity contribution in [2.24, 2.45) is 7.05 Å². The number of nitrogens with zero attached hydrogens (tertiary/aromatic N) is 3. The number of aromatic nitrogens is 3. The van der Waals surface area contributed by atoms with Gasteiger partial charge in [0.25, 0.3) is 0 Å². The van der Waals surface area contributed by atoms with Gasteiger partial charge in [-0.1, -0.05) is 0 Å². The van der Waals surface area contributed by atoms with Gasteiger partial charge < -0.3 is 10.1 Å². The van der Waals surface area contributed by atoms with Crippen LogP contribution in [0.1, 0.15) is 19.0 Å². The minimum Gasteiger partial charge on any atom is -0.379 e. The summed E-state index contributed by atoms with van der Waals surface area (Å²) >= 11 is 0. The molecule has 1 saturated heterocycles. The number of aryl methyl sites for hydroxylation is 1. The second-order valence-electron chi connectivity index (χ2n) is 4.04. The summed E-state index contributed by atoms with van der Waals surface area (Å²) in [5.74, 6) is 0. The molecule has 1 aromatic heterocycles. The van der Waals surface area contributed by atoms with Crippen molar-refractivity contribution in [3.63, 3.8) is 0 Å². The Bertz CT molecular complexity index is 304. The molecule has 1 aliphatic heterocycles. The van der Waals surface area contributed by atoms with Gasteiger partial charge in [-0.2, -0.15) is 15.0 Å².